The average molecular weight is 451 g/mol. The van der Waals surface area contributed by atoms with Crippen molar-refractivity contribution >= 4 is 23.1 Å². The highest BCUT2D eigenvalue weighted by Crippen LogP contribution is 2.37. The van der Waals surface area contributed by atoms with E-state index in [1.807, 2.05) is 0 Å². The van der Waals surface area contributed by atoms with Crippen molar-refractivity contribution in [3.63, 3.8) is 0 Å². The van der Waals surface area contributed by atoms with Gasteiger partial charge in [0.05, 0.1) is 5.57 Å². The smallest absolute Gasteiger partial charge is 0.253 e. The van der Waals surface area contributed by atoms with Crippen molar-refractivity contribution in [3.8, 4) is 0 Å². The van der Waals surface area contributed by atoms with Gasteiger partial charge >= 0.3 is 0 Å². The van der Waals surface area contributed by atoms with Gasteiger partial charge in [0.25, 0.3) is 5.91 Å². The molecule has 0 bridgehead atoms. The van der Waals surface area contributed by atoms with E-state index >= 15 is 0 Å². The lowest BCUT2D eigenvalue weighted by Crippen LogP contribution is -2.54. The molecule has 4 rings (SSSR count). The van der Waals surface area contributed by atoms with Crippen molar-refractivity contribution in [1.29, 1.82) is 5.41 Å². The Bertz CT molecular complexity index is 1040. The minimum Gasteiger partial charge on any atom is -0.383 e. The predicted molar refractivity (Wildman–Crippen MR) is 130 cm³/mol. The number of primary amides is 1. The fourth-order valence-corrected chi connectivity index (χ4v) is 4.85. The van der Waals surface area contributed by atoms with E-state index in [1.165, 1.54) is 41.7 Å². The summed E-state index contributed by atoms with van der Waals surface area (Å²) in [7, 11) is 0. The maximum Gasteiger partial charge on any atom is 0.253 e. The zero-order chi connectivity index (χ0) is 23.4. The maximum absolute atomic E-state index is 13.1. The van der Waals surface area contributed by atoms with E-state index in [1.54, 1.807) is 0 Å². The van der Waals surface area contributed by atoms with Crippen LogP contribution in [0.15, 0.2) is 60.3 Å². The normalized spacial score (nSPS) is 22.5. The van der Waals surface area contributed by atoms with Crippen molar-refractivity contribution in [2.45, 2.75) is 43.7 Å². The number of para-hydroxylation sites is 1. The third-order valence-electron chi connectivity index (χ3n) is 6.84. The van der Waals surface area contributed by atoms with E-state index in [-0.39, 0.29) is 22.8 Å². The molecule has 1 aliphatic heterocycles. The molecule has 8 heteroatoms. The number of carbonyl (C=O) groups is 1. The van der Waals surface area contributed by atoms with Crippen LogP contribution in [0.2, 0.25) is 0 Å². The van der Waals surface area contributed by atoms with Crippen LogP contribution in [0.1, 0.15) is 31.2 Å². The van der Waals surface area contributed by atoms with Crippen molar-refractivity contribution in [2.75, 3.05) is 23.3 Å². The molecule has 0 unspecified atom stereocenters. The summed E-state index contributed by atoms with van der Waals surface area (Å²) in [5.74, 6) is -1.26. The fraction of sp³-hybridized carbons (Fsp3) is 0.360. The summed E-state index contributed by atoms with van der Waals surface area (Å²) in [6, 6.07) is 14.6. The van der Waals surface area contributed by atoms with Crippen LogP contribution in [-0.4, -0.2) is 36.4 Å². The molecule has 174 valence electrons. The SMILES string of the molecule is N=C(Nc1ccc(F)cc1)/C(=C\NC1(CN)CCC(N2CCc3ccccc32)CC1)C(N)=O. The number of rotatable bonds is 7. The average Bonchev–Trinajstić information content (AvgIpc) is 3.25. The molecule has 7 nitrogen and oxygen atoms in total. The van der Waals surface area contributed by atoms with Gasteiger partial charge in [0.2, 0.25) is 0 Å². The number of nitrogens with one attached hydrogen (secondary N) is 3. The molecule has 0 aromatic heterocycles. The monoisotopic (exact) mass is 450 g/mol. The van der Waals surface area contributed by atoms with E-state index in [2.05, 4.69) is 39.8 Å². The van der Waals surface area contributed by atoms with Crippen molar-refractivity contribution in [1.82, 2.24) is 5.32 Å². The number of nitrogens with two attached hydrogens (primary N) is 2. The number of halogens is 1. The highest BCUT2D eigenvalue weighted by Gasteiger charge is 2.37. The number of fused-ring (bicyclic) bond motifs is 1. The van der Waals surface area contributed by atoms with Gasteiger partial charge in [-0.1, -0.05) is 18.2 Å². The molecule has 0 radical (unpaired) electrons. The Morgan fingerprint density at radius 1 is 1.18 bits per heavy atom. The molecule has 1 heterocycles. The highest BCUT2D eigenvalue weighted by atomic mass is 19.1. The number of carbonyl (C=O) groups excluding carboxylic acids is 1. The third kappa shape index (κ3) is 5.01. The number of amidine groups is 1. The van der Waals surface area contributed by atoms with Gasteiger partial charge < -0.3 is 27.0 Å². The fourth-order valence-electron chi connectivity index (χ4n) is 4.85. The van der Waals surface area contributed by atoms with Gasteiger partial charge in [-0.05, 0) is 68.0 Å². The summed E-state index contributed by atoms with van der Waals surface area (Å²) in [4.78, 5) is 14.5. The lowest BCUT2D eigenvalue weighted by molar-refractivity contribution is -0.114. The van der Waals surface area contributed by atoms with Crippen LogP contribution in [0, 0.1) is 11.2 Å². The Balaban J connectivity index is 1.41. The summed E-state index contributed by atoms with van der Waals surface area (Å²) >= 11 is 0. The Morgan fingerprint density at radius 2 is 1.88 bits per heavy atom. The minimum absolute atomic E-state index is 0.0164. The van der Waals surface area contributed by atoms with Gasteiger partial charge in [-0.3, -0.25) is 10.2 Å². The standard InChI is InChI=1S/C25H31FN6O/c26-18-5-7-19(8-6-18)31-23(28)21(24(29)33)15-30-25(16-27)12-9-20(10-13-25)32-14-11-17-3-1-2-4-22(17)32/h1-8,15,20,30H,9-14,16,27H2,(H2,28,31)(H2,29,33)/b21-15+. The molecule has 0 saturated heterocycles. The minimum atomic E-state index is -0.725. The first kappa shape index (κ1) is 22.8. The van der Waals surface area contributed by atoms with Crippen LogP contribution in [0.5, 0.6) is 0 Å². The molecule has 7 N–H and O–H groups in total. The lowest BCUT2D eigenvalue weighted by Gasteiger charge is -2.43. The van der Waals surface area contributed by atoms with E-state index in [0.717, 1.165) is 38.6 Å². The summed E-state index contributed by atoms with van der Waals surface area (Å²) < 4.78 is 13.1. The zero-order valence-corrected chi connectivity index (χ0v) is 18.6. The molecule has 0 atom stereocenters. The molecule has 33 heavy (non-hydrogen) atoms. The number of hydrogen-bond donors (Lipinski definition) is 5. The van der Waals surface area contributed by atoms with Crippen LogP contribution in [0.4, 0.5) is 15.8 Å². The Labute approximate surface area is 193 Å². The Hall–Kier alpha value is -3.39. The second-order valence-corrected chi connectivity index (χ2v) is 8.86. The molecule has 2 aromatic rings. The van der Waals surface area contributed by atoms with E-state index < -0.39 is 5.91 Å². The summed E-state index contributed by atoms with van der Waals surface area (Å²) in [5.41, 5.74) is 14.6. The molecule has 2 aromatic carbocycles. The zero-order valence-electron chi connectivity index (χ0n) is 18.6. The number of benzene rings is 2. The first-order chi connectivity index (χ1) is 15.9. The summed E-state index contributed by atoms with van der Waals surface area (Å²) in [6.07, 6.45) is 6.27. The Kier molecular flexibility index (Phi) is 6.65. The number of hydrogen-bond acceptors (Lipinski definition) is 5. The first-order valence-electron chi connectivity index (χ1n) is 11.3. The molecule has 1 saturated carbocycles. The maximum atomic E-state index is 13.1. The van der Waals surface area contributed by atoms with Gasteiger partial charge in [0, 0.05) is 42.2 Å². The van der Waals surface area contributed by atoms with Crippen LogP contribution in [0.3, 0.4) is 0 Å². The van der Waals surface area contributed by atoms with Crippen LogP contribution >= 0.6 is 0 Å². The molecule has 0 spiro atoms. The lowest BCUT2D eigenvalue weighted by atomic mass is 9.79. The number of amides is 1. The molecular formula is C25H31FN6O. The van der Waals surface area contributed by atoms with Gasteiger partial charge in [0.1, 0.15) is 11.7 Å². The quantitative estimate of drug-likeness (QED) is 0.252. The van der Waals surface area contributed by atoms with Crippen molar-refractivity contribution < 1.29 is 9.18 Å². The summed E-state index contributed by atoms with van der Waals surface area (Å²) in [5, 5.41) is 14.4. The molecule has 1 amide bonds. The molecule has 2 aliphatic rings. The summed E-state index contributed by atoms with van der Waals surface area (Å²) in [6.45, 7) is 1.46. The predicted octanol–water partition coefficient (Wildman–Crippen LogP) is 2.88. The number of anilines is 2. The highest BCUT2D eigenvalue weighted by molar-refractivity contribution is 6.23. The molecule has 1 fully saturated rings. The van der Waals surface area contributed by atoms with Crippen LogP contribution in [-0.2, 0) is 11.2 Å². The third-order valence-corrected chi connectivity index (χ3v) is 6.84. The largest absolute Gasteiger partial charge is 0.383 e. The second kappa shape index (κ2) is 9.62. The Morgan fingerprint density at radius 3 is 2.55 bits per heavy atom. The molecular weight excluding hydrogens is 419 g/mol. The van der Waals surface area contributed by atoms with Crippen LogP contribution < -0.4 is 27.0 Å². The van der Waals surface area contributed by atoms with Crippen molar-refractivity contribution in [2.24, 2.45) is 11.5 Å². The van der Waals surface area contributed by atoms with Gasteiger partial charge in [-0.25, -0.2) is 4.39 Å². The van der Waals surface area contributed by atoms with Crippen LogP contribution in [0.25, 0.3) is 0 Å². The molecule has 1 aliphatic carbocycles. The van der Waals surface area contributed by atoms with E-state index in [4.69, 9.17) is 16.9 Å². The van der Waals surface area contributed by atoms with Gasteiger partial charge in [-0.15, -0.1) is 0 Å². The second-order valence-electron chi connectivity index (χ2n) is 8.86. The van der Waals surface area contributed by atoms with Crippen molar-refractivity contribution in [3.05, 3.63) is 71.7 Å². The number of nitrogens with zero attached hydrogens (tertiary/aromatic N) is 1. The van der Waals surface area contributed by atoms with Gasteiger partial charge in [-0.2, -0.15) is 0 Å². The topological polar surface area (TPSA) is 120 Å². The van der Waals surface area contributed by atoms with Gasteiger partial charge in [0.15, 0.2) is 0 Å². The van der Waals surface area contributed by atoms with E-state index in [9.17, 15) is 9.18 Å². The van der Waals surface area contributed by atoms with E-state index in [0.29, 0.717) is 18.3 Å². The first-order valence-corrected chi connectivity index (χ1v) is 11.3.